The molecular formula is C19H19N7. The van der Waals surface area contributed by atoms with E-state index in [2.05, 4.69) is 20.7 Å². The lowest BCUT2D eigenvalue weighted by atomic mass is 10.2. The van der Waals surface area contributed by atoms with Gasteiger partial charge in [0.15, 0.2) is 5.82 Å². The highest BCUT2D eigenvalue weighted by Crippen LogP contribution is 2.24. The highest BCUT2D eigenvalue weighted by molar-refractivity contribution is 5.90. The van der Waals surface area contributed by atoms with Crippen molar-refractivity contribution in [3.05, 3.63) is 60.9 Å². The Bertz CT molecular complexity index is 1010. The van der Waals surface area contributed by atoms with Crippen LogP contribution in [0, 0.1) is 0 Å². The van der Waals surface area contributed by atoms with Gasteiger partial charge < -0.3 is 10.6 Å². The summed E-state index contributed by atoms with van der Waals surface area (Å²) in [6.45, 7) is 1.40. The number of aryl methyl sites for hydroxylation is 1. The molecule has 2 heterocycles. The summed E-state index contributed by atoms with van der Waals surface area (Å²) >= 11 is 0. The quantitative estimate of drug-likeness (QED) is 0.523. The van der Waals surface area contributed by atoms with Crippen molar-refractivity contribution in [3.8, 4) is 11.4 Å². The number of anilines is 2. The number of nitrogens with one attached hydrogen (secondary N) is 2. The summed E-state index contributed by atoms with van der Waals surface area (Å²) in [5.41, 5.74) is 1.92. The molecule has 0 unspecified atom stereocenters. The molecule has 0 saturated carbocycles. The molecule has 0 bridgehead atoms. The summed E-state index contributed by atoms with van der Waals surface area (Å²) in [5, 5.41) is 11.7. The van der Waals surface area contributed by atoms with Crippen LogP contribution in [0.1, 0.15) is 0 Å². The third-order valence-electron chi connectivity index (χ3n) is 4.05. The van der Waals surface area contributed by atoms with E-state index < -0.39 is 0 Å². The van der Waals surface area contributed by atoms with E-state index in [4.69, 9.17) is 9.97 Å². The van der Waals surface area contributed by atoms with Crippen LogP contribution in [-0.4, -0.2) is 37.8 Å². The van der Waals surface area contributed by atoms with Gasteiger partial charge in [-0.3, -0.25) is 0 Å². The number of nitrogens with zero attached hydrogens (tertiary/aromatic N) is 5. The van der Waals surface area contributed by atoms with Crippen LogP contribution in [0.5, 0.6) is 0 Å². The first-order chi connectivity index (χ1) is 12.8. The van der Waals surface area contributed by atoms with E-state index in [0.717, 1.165) is 28.2 Å². The smallest absolute Gasteiger partial charge is 0.220 e. The predicted molar refractivity (Wildman–Crippen MR) is 103 cm³/mol. The number of hydrogen-bond acceptors (Lipinski definition) is 6. The molecule has 130 valence electrons. The van der Waals surface area contributed by atoms with E-state index in [1.165, 1.54) is 6.33 Å². The highest BCUT2D eigenvalue weighted by atomic mass is 15.4. The maximum Gasteiger partial charge on any atom is 0.220 e. The summed E-state index contributed by atoms with van der Waals surface area (Å²) in [7, 11) is 1.85. The first kappa shape index (κ1) is 16.0. The third-order valence-corrected chi connectivity index (χ3v) is 4.05. The minimum absolute atomic E-state index is 0.697. The van der Waals surface area contributed by atoms with Crippen molar-refractivity contribution in [1.82, 2.24) is 24.7 Å². The Labute approximate surface area is 151 Å². The first-order valence-electron chi connectivity index (χ1n) is 8.45. The normalized spacial score (nSPS) is 10.8. The first-order valence-corrected chi connectivity index (χ1v) is 8.45. The molecule has 0 aliphatic carbocycles. The molecule has 0 aliphatic rings. The van der Waals surface area contributed by atoms with Gasteiger partial charge in [-0.15, -0.1) is 0 Å². The zero-order valence-electron chi connectivity index (χ0n) is 14.4. The van der Waals surface area contributed by atoms with Gasteiger partial charge in [0.05, 0.1) is 5.52 Å². The van der Waals surface area contributed by atoms with Gasteiger partial charge in [0.1, 0.15) is 12.1 Å². The van der Waals surface area contributed by atoms with Gasteiger partial charge in [-0.1, -0.05) is 42.5 Å². The lowest BCUT2D eigenvalue weighted by molar-refractivity contribution is 0.767. The second-order valence-electron chi connectivity index (χ2n) is 5.84. The molecule has 7 nitrogen and oxygen atoms in total. The van der Waals surface area contributed by atoms with Gasteiger partial charge in [-0.2, -0.15) is 10.1 Å². The molecule has 4 rings (SSSR count). The molecule has 4 aromatic rings. The van der Waals surface area contributed by atoms with Gasteiger partial charge in [0, 0.05) is 31.1 Å². The van der Waals surface area contributed by atoms with Crippen LogP contribution in [-0.2, 0) is 7.05 Å². The average Bonchev–Trinajstić information content (AvgIpc) is 3.10. The van der Waals surface area contributed by atoms with Crippen LogP contribution in [0.2, 0.25) is 0 Å². The number of hydrogen-bond donors (Lipinski definition) is 2. The van der Waals surface area contributed by atoms with E-state index in [1.807, 2.05) is 61.6 Å². The topological polar surface area (TPSA) is 80.5 Å². The zero-order chi connectivity index (χ0) is 17.8. The molecule has 2 aromatic heterocycles. The fourth-order valence-electron chi connectivity index (χ4n) is 2.74. The largest absolute Gasteiger partial charge is 0.368 e. The van der Waals surface area contributed by atoms with Crippen LogP contribution in [0.25, 0.3) is 22.3 Å². The highest BCUT2D eigenvalue weighted by Gasteiger charge is 2.09. The van der Waals surface area contributed by atoms with Crippen molar-refractivity contribution in [1.29, 1.82) is 0 Å². The molecule has 0 spiro atoms. The molecule has 0 amide bonds. The number of aromatic nitrogens is 5. The number of fused-ring (bicyclic) bond motifs is 1. The molecular weight excluding hydrogens is 326 g/mol. The maximum absolute atomic E-state index is 4.74. The Balaban J connectivity index is 1.56. The monoisotopic (exact) mass is 345 g/mol. The molecule has 7 heteroatoms. The molecule has 26 heavy (non-hydrogen) atoms. The maximum atomic E-state index is 4.74. The minimum Gasteiger partial charge on any atom is -0.368 e. The average molecular weight is 345 g/mol. The summed E-state index contributed by atoms with van der Waals surface area (Å²) in [4.78, 5) is 13.6. The Kier molecular flexibility index (Phi) is 4.42. The van der Waals surface area contributed by atoms with Crippen LogP contribution < -0.4 is 10.6 Å². The fraction of sp³-hybridized carbons (Fsp3) is 0.158. The van der Waals surface area contributed by atoms with Crippen molar-refractivity contribution in [3.63, 3.8) is 0 Å². The van der Waals surface area contributed by atoms with Crippen LogP contribution in [0.3, 0.4) is 0 Å². The molecule has 0 saturated heterocycles. The van der Waals surface area contributed by atoms with Crippen molar-refractivity contribution in [2.75, 3.05) is 23.7 Å². The molecule has 0 fully saturated rings. The lowest BCUT2D eigenvalue weighted by Gasteiger charge is -2.11. The van der Waals surface area contributed by atoms with Gasteiger partial charge in [-0.05, 0) is 12.1 Å². The lowest BCUT2D eigenvalue weighted by Crippen LogP contribution is -2.17. The molecule has 2 aromatic carbocycles. The van der Waals surface area contributed by atoms with E-state index in [9.17, 15) is 0 Å². The van der Waals surface area contributed by atoms with Crippen molar-refractivity contribution >= 4 is 22.7 Å². The van der Waals surface area contributed by atoms with Crippen LogP contribution in [0.4, 0.5) is 11.8 Å². The SMILES string of the molecule is Cn1ncnc1NCCNc1nc(-c2ccccc2)nc2ccccc12. The van der Waals surface area contributed by atoms with Crippen molar-refractivity contribution < 1.29 is 0 Å². The summed E-state index contributed by atoms with van der Waals surface area (Å²) in [5.74, 6) is 2.28. The third kappa shape index (κ3) is 3.32. The summed E-state index contributed by atoms with van der Waals surface area (Å²) < 4.78 is 1.70. The van der Waals surface area contributed by atoms with Crippen molar-refractivity contribution in [2.45, 2.75) is 0 Å². The zero-order valence-corrected chi connectivity index (χ0v) is 14.4. The van der Waals surface area contributed by atoms with E-state index in [0.29, 0.717) is 18.9 Å². The minimum atomic E-state index is 0.697. The molecule has 0 aliphatic heterocycles. The summed E-state index contributed by atoms with van der Waals surface area (Å²) in [6, 6.07) is 18.0. The van der Waals surface area contributed by atoms with Crippen LogP contribution in [0.15, 0.2) is 60.9 Å². The van der Waals surface area contributed by atoms with Gasteiger partial charge in [0.25, 0.3) is 0 Å². The van der Waals surface area contributed by atoms with Gasteiger partial charge in [-0.25, -0.2) is 14.6 Å². The standard InChI is InChI=1S/C19H19N7/c1-26-19(22-13-23-26)21-12-11-20-18-15-9-5-6-10-16(15)24-17(25-18)14-7-3-2-4-8-14/h2-10,13H,11-12H2,1H3,(H,20,24,25)(H,21,22,23). The second-order valence-corrected chi connectivity index (χ2v) is 5.84. The van der Waals surface area contributed by atoms with Crippen molar-refractivity contribution in [2.24, 2.45) is 7.05 Å². The fourth-order valence-corrected chi connectivity index (χ4v) is 2.74. The molecule has 2 N–H and O–H groups in total. The van der Waals surface area contributed by atoms with E-state index in [1.54, 1.807) is 4.68 Å². The van der Waals surface area contributed by atoms with E-state index >= 15 is 0 Å². The Hall–Kier alpha value is -3.48. The predicted octanol–water partition coefficient (Wildman–Crippen LogP) is 2.95. The molecule has 0 atom stereocenters. The number of para-hydroxylation sites is 1. The Morgan fingerprint density at radius 3 is 2.46 bits per heavy atom. The Morgan fingerprint density at radius 1 is 0.885 bits per heavy atom. The number of benzene rings is 2. The second kappa shape index (κ2) is 7.18. The molecule has 0 radical (unpaired) electrons. The van der Waals surface area contributed by atoms with Gasteiger partial charge in [0.2, 0.25) is 5.95 Å². The number of rotatable bonds is 6. The van der Waals surface area contributed by atoms with Gasteiger partial charge >= 0.3 is 0 Å². The van der Waals surface area contributed by atoms with Crippen LogP contribution >= 0.6 is 0 Å². The summed E-state index contributed by atoms with van der Waals surface area (Å²) in [6.07, 6.45) is 1.53. The van der Waals surface area contributed by atoms with E-state index in [-0.39, 0.29) is 0 Å². The Morgan fingerprint density at radius 2 is 1.65 bits per heavy atom.